The fourth-order valence-corrected chi connectivity index (χ4v) is 4.57. The SMILES string of the molecule is CC(C)N=C1S/C(=C/c2ccc(N3CCCCC3)cc2)C(=O)N1C(C)C. The molecule has 3 rings (SSSR count). The lowest BCUT2D eigenvalue weighted by Gasteiger charge is -2.28. The molecule has 140 valence electrons. The third-order valence-electron chi connectivity index (χ3n) is 4.63. The normalized spacial score (nSPS) is 21.7. The lowest BCUT2D eigenvalue weighted by atomic mass is 10.1. The van der Waals surface area contributed by atoms with Crippen molar-refractivity contribution in [3.63, 3.8) is 0 Å². The predicted octanol–water partition coefficient (Wildman–Crippen LogP) is 4.77. The molecule has 0 N–H and O–H groups in total. The number of carbonyl (C=O) groups excluding carboxylic acids is 1. The van der Waals surface area contributed by atoms with Gasteiger partial charge in [0.15, 0.2) is 5.17 Å². The van der Waals surface area contributed by atoms with Crippen molar-refractivity contribution in [2.24, 2.45) is 4.99 Å². The van der Waals surface area contributed by atoms with Gasteiger partial charge in [-0.2, -0.15) is 0 Å². The molecule has 1 aromatic carbocycles. The van der Waals surface area contributed by atoms with E-state index in [0.717, 1.165) is 28.7 Å². The highest BCUT2D eigenvalue weighted by atomic mass is 32.2. The van der Waals surface area contributed by atoms with Crippen LogP contribution in [0, 0.1) is 0 Å². The third-order valence-corrected chi connectivity index (χ3v) is 5.63. The summed E-state index contributed by atoms with van der Waals surface area (Å²) in [5.41, 5.74) is 2.35. The summed E-state index contributed by atoms with van der Waals surface area (Å²) >= 11 is 1.49. The van der Waals surface area contributed by atoms with Crippen molar-refractivity contribution in [2.75, 3.05) is 18.0 Å². The van der Waals surface area contributed by atoms with Crippen molar-refractivity contribution in [3.8, 4) is 0 Å². The van der Waals surface area contributed by atoms with E-state index in [9.17, 15) is 4.79 Å². The lowest BCUT2D eigenvalue weighted by Crippen LogP contribution is -2.35. The van der Waals surface area contributed by atoms with Crippen molar-refractivity contribution in [1.82, 2.24) is 4.90 Å². The third kappa shape index (κ3) is 4.32. The topological polar surface area (TPSA) is 35.9 Å². The molecule has 0 saturated carbocycles. The molecule has 0 unspecified atom stereocenters. The molecule has 0 spiro atoms. The van der Waals surface area contributed by atoms with E-state index in [1.54, 1.807) is 4.90 Å². The number of anilines is 1. The highest BCUT2D eigenvalue weighted by Crippen LogP contribution is 2.34. The average Bonchev–Trinajstić information content (AvgIpc) is 2.91. The quantitative estimate of drug-likeness (QED) is 0.716. The molecular weight excluding hydrogens is 342 g/mol. The van der Waals surface area contributed by atoms with Crippen LogP contribution in [0.15, 0.2) is 34.2 Å². The van der Waals surface area contributed by atoms with Crippen LogP contribution >= 0.6 is 11.8 Å². The van der Waals surface area contributed by atoms with E-state index in [0.29, 0.717) is 0 Å². The molecule has 2 fully saturated rings. The standard InChI is InChI=1S/C21H29N3OS/c1-15(2)22-21-24(16(3)4)20(25)19(26-21)14-17-8-10-18(11-9-17)23-12-6-5-7-13-23/h8-11,14-16H,5-7,12-13H2,1-4H3/b19-14+,22-21?. The number of aliphatic imine (C=N–C) groups is 1. The molecule has 0 atom stereocenters. The number of thioether (sulfide) groups is 1. The zero-order valence-corrected chi connectivity index (χ0v) is 17.1. The summed E-state index contributed by atoms with van der Waals surface area (Å²) in [6.07, 6.45) is 5.89. The van der Waals surface area contributed by atoms with Gasteiger partial charge in [-0.05, 0) is 82.5 Å². The smallest absolute Gasteiger partial charge is 0.266 e. The Balaban J connectivity index is 1.79. The zero-order chi connectivity index (χ0) is 18.7. The number of rotatable bonds is 4. The Bertz CT molecular complexity index is 700. The average molecular weight is 372 g/mol. The summed E-state index contributed by atoms with van der Waals surface area (Å²) in [7, 11) is 0. The lowest BCUT2D eigenvalue weighted by molar-refractivity contribution is -0.123. The molecule has 0 radical (unpaired) electrons. The highest BCUT2D eigenvalue weighted by molar-refractivity contribution is 8.18. The van der Waals surface area contributed by atoms with Gasteiger partial charge in [-0.1, -0.05) is 12.1 Å². The minimum Gasteiger partial charge on any atom is -0.372 e. The molecule has 2 saturated heterocycles. The molecule has 2 aliphatic rings. The zero-order valence-electron chi connectivity index (χ0n) is 16.2. The van der Waals surface area contributed by atoms with Gasteiger partial charge in [-0.25, -0.2) is 0 Å². The van der Waals surface area contributed by atoms with Crippen LogP contribution in [0.25, 0.3) is 6.08 Å². The van der Waals surface area contributed by atoms with Gasteiger partial charge in [0.2, 0.25) is 0 Å². The van der Waals surface area contributed by atoms with Crippen LogP contribution in [-0.4, -0.2) is 41.1 Å². The minimum atomic E-state index is 0.0597. The number of carbonyl (C=O) groups is 1. The molecule has 1 aromatic rings. The number of piperidine rings is 1. The van der Waals surface area contributed by atoms with Gasteiger partial charge in [-0.15, -0.1) is 0 Å². The maximum Gasteiger partial charge on any atom is 0.266 e. The van der Waals surface area contributed by atoms with Gasteiger partial charge >= 0.3 is 0 Å². The Morgan fingerprint density at radius 1 is 1.04 bits per heavy atom. The van der Waals surface area contributed by atoms with E-state index in [1.165, 1.54) is 36.7 Å². The Morgan fingerprint density at radius 3 is 2.27 bits per heavy atom. The fraction of sp³-hybridized carbons (Fsp3) is 0.524. The van der Waals surface area contributed by atoms with Crippen molar-refractivity contribution in [3.05, 3.63) is 34.7 Å². The molecule has 26 heavy (non-hydrogen) atoms. The second-order valence-electron chi connectivity index (χ2n) is 7.52. The largest absolute Gasteiger partial charge is 0.372 e. The van der Waals surface area contributed by atoms with Gasteiger partial charge in [0.05, 0.1) is 4.91 Å². The summed E-state index contributed by atoms with van der Waals surface area (Å²) in [4.78, 5) is 22.4. The monoisotopic (exact) mass is 371 g/mol. The molecule has 5 heteroatoms. The van der Waals surface area contributed by atoms with Crippen LogP contribution in [0.3, 0.4) is 0 Å². The predicted molar refractivity (Wildman–Crippen MR) is 113 cm³/mol. The first kappa shape index (κ1) is 19.0. The number of hydrogen-bond acceptors (Lipinski definition) is 4. The van der Waals surface area contributed by atoms with Crippen LogP contribution in [0.2, 0.25) is 0 Å². The maximum absolute atomic E-state index is 12.8. The number of amides is 1. The first-order chi connectivity index (χ1) is 12.5. The van der Waals surface area contributed by atoms with E-state index in [2.05, 4.69) is 34.2 Å². The fourth-order valence-electron chi connectivity index (χ4n) is 3.34. The second-order valence-corrected chi connectivity index (χ2v) is 8.53. The van der Waals surface area contributed by atoms with Gasteiger partial charge in [0.25, 0.3) is 5.91 Å². The summed E-state index contributed by atoms with van der Waals surface area (Å²) in [6, 6.07) is 8.86. The molecule has 2 aliphatic heterocycles. The Hall–Kier alpha value is -1.75. The van der Waals surface area contributed by atoms with Crippen molar-refractivity contribution in [1.29, 1.82) is 0 Å². The van der Waals surface area contributed by atoms with E-state index in [1.807, 2.05) is 33.8 Å². The van der Waals surface area contributed by atoms with E-state index in [4.69, 9.17) is 0 Å². The number of nitrogens with zero attached hydrogens (tertiary/aromatic N) is 3. The van der Waals surface area contributed by atoms with Gasteiger partial charge in [0, 0.05) is 30.9 Å². The van der Waals surface area contributed by atoms with Crippen LogP contribution < -0.4 is 4.90 Å². The molecule has 0 aromatic heterocycles. The van der Waals surface area contributed by atoms with Crippen LogP contribution in [-0.2, 0) is 4.79 Å². The number of benzene rings is 1. The number of hydrogen-bond donors (Lipinski definition) is 0. The van der Waals surface area contributed by atoms with Crippen LogP contribution in [0.1, 0.15) is 52.5 Å². The Kier molecular flexibility index (Phi) is 6.07. The first-order valence-corrected chi connectivity index (χ1v) is 10.4. The first-order valence-electron chi connectivity index (χ1n) is 9.61. The van der Waals surface area contributed by atoms with E-state index >= 15 is 0 Å². The number of amidine groups is 1. The van der Waals surface area contributed by atoms with Crippen molar-refractivity contribution >= 4 is 34.6 Å². The highest BCUT2D eigenvalue weighted by Gasteiger charge is 2.35. The molecule has 2 heterocycles. The van der Waals surface area contributed by atoms with Gasteiger partial charge < -0.3 is 4.90 Å². The molecule has 4 nitrogen and oxygen atoms in total. The van der Waals surface area contributed by atoms with Gasteiger partial charge in [-0.3, -0.25) is 14.7 Å². The summed E-state index contributed by atoms with van der Waals surface area (Å²) in [5, 5.41) is 0.816. The minimum absolute atomic E-state index is 0.0597. The van der Waals surface area contributed by atoms with Crippen LogP contribution in [0.5, 0.6) is 0 Å². The molecule has 0 bridgehead atoms. The Morgan fingerprint density at radius 2 is 1.69 bits per heavy atom. The summed E-state index contributed by atoms with van der Waals surface area (Å²) in [6.45, 7) is 10.4. The molecular formula is C21H29N3OS. The second kappa shape index (κ2) is 8.30. The van der Waals surface area contributed by atoms with E-state index in [-0.39, 0.29) is 18.0 Å². The summed E-state index contributed by atoms with van der Waals surface area (Å²) in [5.74, 6) is 0.0597. The Labute approximate surface area is 161 Å². The van der Waals surface area contributed by atoms with Gasteiger partial charge in [0.1, 0.15) is 0 Å². The van der Waals surface area contributed by atoms with Crippen molar-refractivity contribution < 1.29 is 4.79 Å². The molecule has 0 aliphatic carbocycles. The van der Waals surface area contributed by atoms with E-state index < -0.39 is 0 Å². The van der Waals surface area contributed by atoms with Crippen molar-refractivity contribution in [2.45, 2.75) is 59.0 Å². The summed E-state index contributed by atoms with van der Waals surface area (Å²) < 4.78 is 0. The molecule has 1 amide bonds. The van der Waals surface area contributed by atoms with Crippen LogP contribution in [0.4, 0.5) is 5.69 Å². The maximum atomic E-state index is 12.8.